The average Bonchev–Trinajstić information content (AvgIpc) is 3.61. The molecule has 3 amide bonds. The topological polar surface area (TPSA) is 159 Å². The smallest absolute Gasteiger partial charge is 0.220 e. The van der Waals surface area contributed by atoms with Crippen molar-refractivity contribution in [3.63, 3.8) is 0 Å². The molecule has 12 nitrogen and oxygen atoms in total. The van der Waals surface area contributed by atoms with Gasteiger partial charge in [0.1, 0.15) is 0 Å². The van der Waals surface area contributed by atoms with Crippen LogP contribution >= 0.6 is 0 Å². The van der Waals surface area contributed by atoms with Gasteiger partial charge in [-0.2, -0.15) is 0 Å². The molecule has 3 saturated heterocycles. The van der Waals surface area contributed by atoms with E-state index in [0.717, 1.165) is 83.3 Å². The van der Waals surface area contributed by atoms with Crippen LogP contribution in [0.25, 0.3) is 0 Å². The summed E-state index contributed by atoms with van der Waals surface area (Å²) in [5.41, 5.74) is -0.948. The van der Waals surface area contributed by atoms with Crippen LogP contribution in [0.2, 0.25) is 0 Å². The second-order valence-electron chi connectivity index (χ2n) is 12.9. The summed E-state index contributed by atoms with van der Waals surface area (Å²) in [6.45, 7) is 10.4. The summed E-state index contributed by atoms with van der Waals surface area (Å²) >= 11 is 0. The van der Waals surface area contributed by atoms with Gasteiger partial charge in [0, 0.05) is 118 Å². The molecule has 4 fully saturated rings. The molecule has 43 heavy (non-hydrogen) atoms. The third-order valence-electron chi connectivity index (χ3n) is 9.24. The van der Waals surface area contributed by atoms with Crippen molar-refractivity contribution in [2.75, 3.05) is 85.1 Å². The molecule has 242 valence electrons. The first-order valence-electron chi connectivity index (χ1n) is 16.5. The van der Waals surface area contributed by atoms with E-state index >= 15 is 0 Å². The second kappa shape index (κ2) is 17.3. The van der Waals surface area contributed by atoms with E-state index in [1.807, 2.05) is 0 Å². The Bertz CT molecular complexity index is 920. The summed E-state index contributed by atoms with van der Waals surface area (Å²) in [5, 5.41) is 30.8. The minimum atomic E-state index is -0.517. The fourth-order valence-corrected chi connectivity index (χ4v) is 6.94. The van der Waals surface area contributed by atoms with Gasteiger partial charge in [-0.05, 0) is 37.0 Å². The number of nitrogens with one attached hydrogen (secondary N) is 9. The molecule has 0 aromatic carbocycles. The van der Waals surface area contributed by atoms with Crippen LogP contribution in [0.5, 0.6) is 0 Å². The summed E-state index contributed by atoms with van der Waals surface area (Å²) in [4.78, 5) is 37.8. The molecule has 2 bridgehead atoms. The molecule has 5 rings (SSSR count). The molecule has 3 heterocycles. The Hall–Kier alpha value is -2.27. The number of rotatable bonds is 8. The standard InChI is InChI=1S/C31H55N9O3/c1-24(41)39-30-18-32-11-14-35-21-31(22-36-15-12-33-19-30,23-37-16-13-34-20-30)40-29(43)10-6-9-28(42)38-17-27-25-7-4-2-3-5-8-26(25)27/h25-27,32-37H,4-23H2,1H3,(H,38,42)(H,39,41)(H,40,43)/t25-,26+,27?,30?,31?. The second-order valence-corrected chi connectivity index (χ2v) is 12.9. The molecular weight excluding hydrogens is 546 g/mol. The lowest BCUT2D eigenvalue weighted by Crippen LogP contribution is -2.68. The molecule has 0 radical (unpaired) electrons. The lowest BCUT2D eigenvalue weighted by molar-refractivity contribution is -0.124. The molecule has 9 N–H and O–H groups in total. The Morgan fingerprint density at radius 1 is 0.651 bits per heavy atom. The van der Waals surface area contributed by atoms with Crippen LogP contribution in [0.1, 0.15) is 51.9 Å². The van der Waals surface area contributed by atoms with Crippen LogP contribution in [0.15, 0.2) is 0 Å². The van der Waals surface area contributed by atoms with Crippen molar-refractivity contribution in [2.24, 2.45) is 17.8 Å². The van der Waals surface area contributed by atoms with Crippen molar-refractivity contribution in [1.29, 1.82) is 0 Å². The maximum Gasteiger partial charge on any atom is 0.220 e. The number of carbonyl (C=O) groups is 3. The Kier molecular flexibility index (Phi) is 13.5. The van der Waals surface area contributed by atoms with Crippen LogP contribution in [0.3, 0.4) is 0 Å². The predicted octanol–water partition coefficient (Wildman–Crippen LogP) is -1.99. The largest absolute Gasteiger partial charge is 0.356 e. The zero-order valence-corrected chi connectivity index (χ0v) is 26.1. The van der Waals surface area contributed by atoms with Gasteiger partial charge < -0.3 is 47.9 Å². The molecule has 1 unspecified atom stereocenters. The number of hydrogen-bond donors (Lipinski definition) is 9. The Labute approximate surface area is 257 Å². The number of carbonyl (C=O) groups excluding carboxylic acids is 3. The minimum Gasteiger partial charge on any atom is -0.356 e. The van der Waals surface area contributed by atoms with Crippen molar-refractivity contribution in [3.05, 3.63) is 0 Å². The summed E-state index contributed by atoms with van der Waals surface area (Å²) in [6.07, 6.45) is 5.48. The summed E-state index contributed by atoms with van der Waals surface area (Å²) < 4.78 is 0. The van der Waals surface area contributed by atoms with E-state index in [9.17, 15) is 14.4 Å². The fraction of sp³-hybridized carbons (Fsp3) is 0.839. The van der Waals surface area contributed by atoms with Crippen molar-refractivity contribution >= 4 is 17.7 Å². The molecular formula is C31H55N9O3. The van der Waals surface area contributed by atoms with Gasteiger partial charge in [0.15, 0.2) is 0 Å². The molecule has 3 aliphatic heterocycles. The van der Waals surface area contributed by atoms with E-state index in [1.54, 1.807) is 6.92 Å². The van der Waals surface area contributed by atoms with Gasteiger partial charge in [-0.25, -0.2) is 0 Å². The van der Waals surface area contributed by atoms with E-state index in [-0.39, 0.29) is 17.7 Å². The van der Waals surface area contributed by atoms with Gasteiger partial charge in [0.2, 0.25) is 17.7 Å². The van der Waals surface area contributed by atoms with Crippen LogP contribution in [-0.2, 0) is 14.4 Å². The summed E-state index contributed by atoms with van der Waals surface area (Å²) in [7, 11) is 0. The molecule has 0 aromatic rings. The van der Waals surface area contributed by atoms with Gasteiger partial charge in [-0.1, -0.05) is 0 Å². The first kappa shape index (κ1) is 33.6. The quantitative estimate of drug-likeness (QED) is 0.144. The fourth-order valence-electron chi connectivity index (χ4n) is 6.94. The van der Waals surface area contributed by atoms with E-state index in [0.29, 0.717) is 64.4 Å². The molecule has 5 aliphatic rings. The maximum absolute atomic E-state index is 13.2. The zero-order valence-electron chi connectivity index (χ0n) is 26.1. The highest BCUT2D eigenvalue weighted by Gasteiger charge is 2.48. The third-order valence-corrected chi connectivity index (χ3v) is 9.24. The summed E-state index contributed by atoms with van der Waals surface area (Å²) in [5.74, 6) is 8.47. The van der Waals surface area contributed by atoms with Gasteiger partial charge in [-0.15, -0.1) is 11.8 Å². The lowest BCUT2D eigenvalue weighted by atomic mass is 9.97. The SMILES string of the molecule is CC(=O)NC12CNCCNCC(NC(=O)CCCC(=O)NCC3[C@H]4CCC#CCC[C@@H]34)(CNCCNC1)CNCCNC2. The van der Waals surface area contributed by atoms with Gasteiger partial charge in [-0.3, -0.25) is 14.4 Å². The van der Waals surface area contributed by atoms with Gasteiger partial charge in [0.05, 0.1) is 11.1 Å². The predicted molar refractivity (Wildman–Crippen MR) is 168 cm³/mol. The van der Waals surface area contributed by atoms with Crippen molar-refractivity contribution in [3.8, 4) is 11.8 Å². The number of amides is 3. The molecule has 2 aliphatic carbocycles. The monoisotopic (exact) mass is 601 g/mol. The Balaban J connectivity index is 1.25. The van der Waals surface area contributed by atoms with Gasteiger partial charge >= 0.3 is 0 Å². The first-order chi connectivity index (χ1) is 20.9. The zero-order chi connectivity index (χ0) is 30.4. The number of fused-ring (bicyclic) bond motifs is 16. The number of hydrogen-bond acceptors (Lipinski definition) is 9. The highest BCUT2D eigenvalue weighted by atomic mass is 16.2. The van der Waals surface area contributed by atoms with Crippen molar-refractivity contribution in [2.45, 2.75) is 62.9 Å². The average molecular weight is 602 g/mol. The highest BCUT2D eigenvalue weighted by Crippen LogP contribution is 2.51. The van der Waals surface area contributed by atoms with E-state index < -0.39 is 11.1 Å². The molecule has 0 spiro atoms. The third kappa shape index (κ3) is 11.3. The highest BCUT2D eigenvalue weighted by molar-refractivity contribution is 5.79. The molecule has 0 aromatic heterocycles. The van der Waals surface area contributed by atoms with E-state index in [4.69, 9.17) is 0 Å². The van der Waals surface area contributed by atoms with E-state index in [2.05, 4.69) is 59.7 Å². The van der Waals surface area contributed by atoms with Crippen molar-refractivity contribution < 1.29 is 14.4 Å². The van der Waals surface area contributed by atoms with Crippen molar-refractivity contribution in [1.82, 2.24) is 47.9 Å². The normalized spacial score (nSPS) is 32.3. The summed E-state index contributed by atoms with van der Waals surface area (Å²) in [6, 6.07) is 0. The van der Waals surface area contributed by atoms with Crippen LogP contribution < -0.4 is 47.9 Å². The minimum absolute atomic E-state index is 0.0318. The molecule has 3 atom stereocenters. The van der Waals surface area contributed by atoms with E-state index in [1.165, 1.54) is 0 Å². The van der Waals surface area contributed by atoms with Gasteiger partial charge in [0.25, 0.3) is 0 Å². The van der Waals surface area contributed by atoms with Crippen LogP contribution in [0, 0.1) is 29.6 Å². The Morgan fingerprint density at radius 3 is 1.51 bits per heavy atom. The lowest BCUT2D eigenvalue weighted by Gasteiger charge is -2.38. The Morgan fingerprint density at radius 2 is 1.07 bits per heavy atom. The van der Waals surface area contributed by atoms with Crippen LogP contribution in [-0.4, -0.2) is 114 Å². The maximum atomic E-state index is 13.2. The first-order valence-corrected chi connectivity index (χ1v) is 16.5. The van der Waals surface area contributed by atoms with Crippen LogP contribution in [0.4, 0.5) is 0 Å². The molecule has 1 saturated carbocycles. The molecule has 12 heteroatoms.